The van der Waals surface area contributed by atoms with Crippen molar-refractivity contribution in [1.29, 1.82) is 0 Å². The normalized spacial score (nSPS) is 11.2. The lowest BCUT2D eigenvalue weighted by atomic mass is 10.3. The Labute approximate surface area is 122 Å². The highest BCUT2D eigenvalue weighted by molar-refractivity contribution is 5.95. The standard InChI is InChI=1S/C14H16N4O3/c1-2-9-20-11-5-3-4-6-12(11)21-14-16-8-7-10(17-14)13(15)18-19/h3-8,19H,2,9H2,1H3,(H2,15,18). The first-order valence-corrected chi connectivity index (χ1v) is 6.45. The molecule has 21 heavy (non-hydrogen) atoms. The van der Waals surface area contributed by atoms with Gasteiger partial charge in [-0.15, -0.1) is 0 Å². The van der Waals surface area contributed by atoms with Crippen LogP contribution in [0, 0.1) is 0 Å². The van der Waals surface area contributed by atoms with Crippen molar-refractivity contribution in [3.05, 3.63) is 42.2 Å². The summed E-state index contributed by atoms with van der Waals surface area (Å²) >= 11 is 0. The Balaban J connectivity index is 2.22. The molecule has 0 saturated carbocycles. The van der Waals surface area contributed by atoms with E-state index in [2.05, 4.69) is 15.1 Å². The molecule has 7 nitrogen and oxygen atoms in total. The molecule has 1 heterocycles. The van der Waals surface area contributed by atoms with Crippen LogP contribution in [0.3, 0.4) is 0 Å². The van der Waals surface area contributed by atoms with Crippen molar-refractivity contribution >= 4 is 5.84 Å². The van der Waals surface area contributed by atoms with Crippen LogP contribution in [0.4, 0.5) is 0 Å². The van der Waals surface area contributed by atoms with E-state index in [1.54, 1.807) is 12.1 Å². The van der Waals surface area contributed by atoms with Gasteiger partial charge >= 0.3 is 6.01 Å². The zero-order chi connectivity index (χ0) is 15.1. The number of amidine groups is 1. The van der Waals surface area contributed by atoms with E-state index in [9.17, 15) is 0 Å². The average Bonchev–Trinajstić information content (AvgIpc) is 2.53. The number of rotatable bonds is 6. The number of hydrogen-bond acceptors (Lipinski definition) is 6. The van der Waals surface area contributed by atoms with Crippen molar-refractivity contribution in [1.82, 2.24) is 9.97 Å². The zero-order valence-corrected chi connectivity index (χ0v) is 11.6. The van der Waals surface area contributed by atoms with Crippen LogP contribution >= 0.6 is 0 Å². The molecule has 2 rings (SSSR count). The van der Waals surface area contributed by atoms with Crippen LogP contribution in [-0.2, 0) is 0 Å². The summed E-state index contributed by atoms with van der Waals surface area (Å²) in [4.78, 5) is 8.05. The fraction of sp³-hybridized carbons (Fsp3) is 0.214. The quantitative estimate of drug-likeness (QED) is 0.365. The molecule has 0 bridgehead atoms. The summed E-state index contributed by atoms with van der Waals surface area (Å²) in [5.41, 5.74) is 5.75. The first kappa shape index (κ1) is 14.6. The fourth-order valence-corrected chi connectivity index (χ4v) is 1.55. The Morgan fingerprint density at radius 2 is 2.05 bits per heavy atom. The molecule has 7 heteroatoms. The van der Waals surface area contributed by atoms with Crippen molar-refractivity contribution < 1.29 is 14.7 Å². The Bertz CT molecular complexity index is 631. The van der Waals surface area contributed by atoms with Gasteiger partial charge in [0.15, 0.2) is 17.3 Å². The largest absolute Gasteiger partial charge is 0.490 e. The number of oxime groups is 1. The first-order valence-electron chi connectivity index (χ1n) is 6.45. The Morgan fingerprint density at radius 1 is 1.29 bits per heavy atom. The van der Waals surface area contributed by atoms with Gasteiger partial charge in [0.2, 0.25) is 0 Å². The van der Waals surface area contributed by atoms with Crippen LogP contribution in [0.2, 0.25) is 0 Å². The fourth-order valence-electron chi connectivity index (χ4n) is 1.55. The number of hydrogen-bond donors (Lipinski definition) is 2. The van der Waals surface area contributed by atoms with Gasteiger partial charge in [-0.2, -0.15) is 4.98 Å². The minimum Gasteiger partial charge on any atom is -0.490 e. The highest BCUT2D eigenvalue weighted by Gasteiger charge is 2.09. The lowest BCUT2D eigenvalue weighted by Gasteiger charge is -2.10. The molecule has 0 radical (unpaired) electrons. The van der Waals surface area contributed by atoms with Gasteiger partial charge in [-0.25, -0.2) is 4.98 Å². The van der Waals surface area contributed by atoms with Gasteiger partial charge in [-0.1, -0.05) is 24.2 Å². The van der Waals surface area contributed by atoms with Crippen molar-refractivity contribution in [2.75, 3.05) is 6.61 Å². The maximum absolute atomic E-state index is 8.65. The summed E-state index contributed by atoms with van der Waals surface area (Å²) < 4.78 is 11.2. The number of aromatic nitrogens is 2. The molecule has 0 saturated heterocycles. The van der Waals surface area contributed by atoms with Crippen molar-refractivity contribution in [2.45, 2.75) is 13.3 Å². The van der Waals surface area contributed by atoms with Gasteiger partial charge in [0.1, 0.15) is 5.69 Å². The van der Waals surface area contributed by atoms with E-state index in [1.165, 1.54) is 12.3 Å². The van der Waals surface area contributed by atoms with Gasteiger partial charge in [0.25, 0.3) is 0 Å². The summed E-state index contributed by atoms with van der Waals surface area (Å²) in [6.07, 6.45) is 2.36. The number of nitrogens with two attached hydrogens (primary N) is 1. The Morgan fingerprint density at radius 3 is 2.76 bits per heavy atom. The molecule has 0 atom stereocenters. The van der Waals surface area contributed by atoms with Crippen molar-refractivity contribution in [3.63, 3.8) is 0 Å². The third-order valence-electron chi connectivity index (χ3n) is 2.52. The number of nitrogens with zero attached hydrogens (tertiary/aromatic N) is 3. The topological polar surface area (TPSA) is 103 Å². The molecule has 0 aliphatic carbocycles. The van der Waals surface area contributed by atoms with Crippen LogP contribution in [-0.4, -0.2) is 27.6 Å². The summed E-state index contributed by atoms with van der Waals surface area (Å²) in [6, 6.07) is 8.84. The maximum Gasteiger partial charge on any atom is 0.322 e. The highest BCUT2D eigenvalue weighted by atomic mass is 16.5. The van der Waals surface area contributed by atoms with E-state index in [0.29, 0.717) is 18.1 Å². The van der Waals surface area contributed by atoms with Gasteiger partial charge < -0.3 is 20.4 Å². The van der Waals surface area contributed by atoms with Gasteiger partial charge in [-0.3, -0.25) is 0 Å². The number of ether oxygens (including phenoxy) is 2. The van der Waals surface area contributed by atoms with Gasteiger partial charge in [0.05, 0.1) is 6.61 Å². The summed E-state index contributed by atoms with van der Waals surface area (Å²) in [6.45, 7) is 2.61. The molecule has 110 valence electrons. The monoisotopic (exact) mass is 288 g/mol. The maximum atomic E-state index is 8.65. The average molecular weight is 288 g/mol. The molecular formula is C14H16N4O3. The lowest BCUT2D eigenvalue weighted by molar-refractivity contribution is 0.299. The second-order valence-corrected chi connectivity index (χ2v) is 4.11. The second-order valence-electron chi connectivity index (χ2n) is 4.11. The van der Waals surface area contributed by atoms with E-state index in [4.69, 9.17) is 20.4 Å². The van der Waals surface area contributed by atoms with E-state index in [1.807, 2.05) is 19.1 Å². The van der Waals surface area contributed by atoms with Crippen LogP contribution in [0.5, 0.6) is 17.5 Å². The van der Waals surface area contributed by atoms with Crippen molar-refractivity contribution in [3.8, 4) is 17.5 Å². The Kier molecular flexibility index (Phi) is 4.92. The second kappa shape index (κ2) is 7.09. The van der Waals surface area contributed by atoms with Crippen LogP contribution in [0.25, 0.3) is 0 Å². The predicted molar refractivity (Wildman–Crippen MR) is 76.8 cm³/mol. The van der Waals surface area contributed by atoms with Crippen LogP contribution < -0.4 is 15.2 Å². The molecule has 2 aromatic rings. The van der Waals surface area contributed by atoms with E-state index in [-0.39, 0.29) is 17.5 Å². The lowest BCUT2D eigenvalue weighted by Crippen LogP contribution is -2.15. The third-order valence-corrected chi connectivity index (χ3v) is 2.52. The van der Waals surface area contributed by atoms with E-state index < -0.39 is 0 Å². The minimum absolute atomic E-state index is 0.0895. The van der Waals surface area contributed by atoms with Crippen LogP contribution in [0.1, 0.15) is 19.0 Å². The molecule has 0 aliphatic rings. The SMILES string of the molecule is CCCOc1ccccc1Oc1nccc(/C(N)=N/O)n1. The zero-order valence-electron chi connectivity index (χ0n) is 11.6. The predicted octanol–water partition coefficient (Wildman–Crippen LogP) is 2.15. The van der Waals surface area contributed by atoms with Gasteiger partial charge in [-0.05, 0) is 24.6 Å². The molecular weight excluding hydrogens is 272 g/mol. The van der Waals surface area contributed by atoms with Gasteiger partial charge in [0, 0.05) is 6.20 Å². The summed E-state index contributed by atoms with van der Waals surface area (Å²) in [5, 5.41) is 11.5. The molecule has 3 N–H and O–H groups in total. The summed E-state index contributed by atoms with van der Waals surface area (Å²) in [5.74, 6) is 0.998. The molecule has 0 fully saturated rings. The molecule has 1 aromatic heterocycles. The first-order chi connectivity index (χ1) is 10.2. The molecule has 0 spiro atoms. The summed E-state index contributed by atoms with van der Waals surface area (Å²) in [7, 11) is 0. The molecule has 0 unspecified atom stereocenters. The third kappa shape index (κ3) is 3.82. The van der Waals surface area contributed by atoms with Crippen molar-refractivity contribution in [2.24, 2.45) is 10.9 Å². The Hall–Kier alpha value is -2.83. The smallest absolute Gasteiger partial charge is 0.322 e. The number of para-hydroxylation sites is 2. The molecule has 1 aromatic carbocycles. The molecule has 0 amide bonds. The minimum atomic E-state index is -0.113. The van der Waals surface area contributed by atoms with E-state index >= 15 is 0 Å². The number of benzene rings is 1. The highest BCUT2D eigenvalue weighted by Crippen LogP contribution is 2.29. The van der Waals surface area contributed by atoms with Crippen LogP contribution in [0.15, 0.2) is 41.7 Å². The van der Waals surface area contributed by atoms with E-state index in [0.717, 1.165) is 6.42 Å². The molecule has 0 aliphatic heterocycles.